The molecule has 0 atom stereocenters. The van der Waals surface area contributed by atoms with Crippen LogP contribution in [0.2, 0.25) is 0 Å². The van der Waals surface area contributed by atoms with E-state index >= 15 is 0 Å². The van der Waals surface area contributed by atoms with E-state index in [0.29, 0.717) is 0 Å². The Morgan fingerprint density at radius 3 is 1.90 bits per heavy atom. The maximum absolute atomic E-state index is 9.65. The molecule has 0 spiro atoms. The molecule has 2 N–H and O–H groups in total. The van der Waals surface area contributed by atoms with Gasteiger partial charge in [-0.15, -0.1) is 0 Å². The van der Waals surface area contributed by atoms with Crippen LogP contribution in [0.15, 0.2) is 0 Å². The Balaban J connectivity index is -0.0000000600. The Bertz CT molecular complexity index is 66.7. The summed E-state index contributed by atoms with van der Waals surface area (Å²) in [6, 6.07) is 0. The molecule has 58 valence electrons. The Hall–Kier alpha value is 0.260. The van der Waals surface area contributed by atoms with Crippen molar-refractivity contribution in [1.82, 2.24) is 0 Å². The van der Waals surface area contributed by atoms with Crippen molar-refractivity contribution in [2.24, 2.45) is 0 Å². The second-order valence-electron chi connectivity index (χ2n) is 1.48. The van der Waals surface area contributed by atoms with Crippen LogP contribution in [0.4, 0.5) is 0 Å². The van der Waals surface area contributed by atoms with Crippen molar-refractivity contribution in [3.8, 4) is 0 Å². The van der Waals surface area contributed by atoms with Gasteiger partial charge < -0.3 is 20.9 Å². The number of hydrogen-bond acceptors (Lipinski definition) is 4. The van der Waals surface area contributed by atoms with E-state index in [2.05, 4.69) is 0 Å². The molecule has 10 heavy (non-hydrogen) atoms. The monoisotopic (exact) mass is 250 g/mol. The number of carbonyl (C=O) groups excluding carboxylic acids is 1. The van der Waals surface area contributed by atoms with Crippen LogP contribution in [0, 0.1) is 0 Å². The first-order valence-electron chi connectivity index (χ1n) is 2.47. The summed E-state index contributed by atoms with van der Waals surface area (Å²) in [7, 11) is 0. The second kappa shape index (κ2) is 16.1. The molecule has 0 rings (SSSR count). The Kier molecular flexibility index (Phi) is 36.2. The molecule has 0 radical (unpaired) electrons. The molecule has 0 unspecified atom stereocenters. The topological polar surface area (TPSA) is 100 Å². The SMILES string of the molecule is CCCCC(=O)[O-].[In+3].[OH-].[OH-]. The molecular weight excluding hydrogens is 239 g/mol. The summed E-state index contributed by atoms with van der Waals surface area (Å²) in [6.45, 7) is 1.95. The van der Waals surface area contributed by atoms with Gasteiger partial charge >= 0.3 is 25.8 Å². The average molecular weight is 250 g/mol. The molecule has 0 saturated heterocycles. The molecule has 0 amide bonds. The van der Waals surface area contributed by atoms with Crippen LogP contribution in [-0.2, 0) is 4.79 Å². The minimum atomic E-state index is -0.943. The van der Waals surface area contributed by atoms with Crippen molar-refractivity contribution < 1.29 is 20.9 Å². The van der Waals surface area contributed by atoms with Gasteiger partial charge in [0.15, 0.2) is 0 Å². The third-order valence-electron chi connectivity index (χ3n) is 0.734. The van der Waals surface area contributed by atoms with Crippen LogP contribution in [0.1, 0.15) is 26.2 Å². The predicted molar refractivity (Wildman–Crippen MR) is 34.2 cm³/mol. The zero-order valence-corrected chi connectivity index (χ0v) is 9.21. The van der Waals surface area contributed by atoms with Crippen molar-refractivity contribution >= 4 is 31.8 Å². The number of carboxylic acids is 1. The molecule has 0 saturated carbocycles. The minimum Gasteiger partial charge on any atom is -0.870 e. The first kappa shape index (κ1) is 22.5. The quantitative estimate of drug-likeness (QED) is 0.653. The van der Waals surface area contributed by atoms with Gasteiger partial charge in [-0.2, -0.15) is 0 Å². The summed E-state index contributed by atoms with van der Waals surface area (Å²) in [5.41, 5.74) is 0. The van der Waals surface area contributed by atoms with Gasteiger partial charge in [-0.1, -0.05) is 13.3 Å². The molecule has 0 aliphatic heterocycles. The first-order chi connectivity index (χ1) is 3.27. The average Bonchev–Trinajstić information content (AvgIpc) is 1.61. The molecule has 0 aromatic carbocycles. The third kappa shape index (κ3) is 24.0. The summed E-state index contributed by atoms with van der Waals surface area (Å²) in [4.78, 5) is 9.65. The van der Waals surface area contributed by atoms with E-state index in [1.54, 1.807) is 0 Å². The number of rotatable bonds is 3. The molecule has 0 fully saturated rings. The second-order valence-corrected chi connectivity index (χ2v) is 1.48. The zero-order chi connectivity index (χ0) is 5.70. The van der Waals surface area contributed by atoms with Crippen molar-refractivity contribution in [2.75, 3.05) is 0 Å². The maximum Gasteiger partial charge on any atom is 3.00 e. The van der Waals surface area contributed by atoms with Crippen LogP contribution >= 0.6 is 0 Å². The van der Waals surface area contributed by atoms with Crippen LogP contribution < -0.4 is 5.11 Å². The molecule has 0 aliphatic carbocycles. The number of carboxylic acid groups (broad SMARTS) is 1. The fourth-order valence-electron chi connectivity index (χ4n) is 0.321. The van der Waals surface area contributed by atoms with Crippen LogP contribution in [0.25, 0.3) is 0 Å². The van der Waals surface area contributed by atoms with Gasteiger partial charge in [0.1, 0.15) is 0 Å². The van der Waals surface area contributed by atoms with E-state index < -0.39 is 5.97 Å². The molecule has 0 aromatic heterocycles. The summed E-state index contributed by atoms with van der Waals surface area (Å²) in [5.74, 6) is -0.943. The Morgan fingerprint density at radius 2 is 1.80 bits per heavy atom. The van der Waals surface area contributed by atoms with Crippen LogP contribution in [0.5, 0.6) is 0 Å². The molecular formula is C5H11InO4. The molecule has 4 nitrogen and oxygen atoms in total. The van der Waals surface area contributed by atoms with Gasteiger partial charge in [0.25, 0.3) is 0 Å². The Labute approximate surface area is 79.0 Å². The maximum atomic E-state index is 9.65. The number of hydrogen-bond donors (Lipinski definition) is 0. The third-order valence-corrected chi connectivity index (χ3v) is 0.734. The zero-order valence-electron chi connectivity index (χ0n) is 5.91. The standard InChI is InChI=1S/C5H10O2.In.2H2O/c1-2-3-4-5(6)7;;;/h2-4H2,1H3,(H,6,7);;2*1H2/q;+3;;/p-3. The smallest absolute Gasteiger partial charge is 0.870 e. The minimum absolute atomic E-state index is 0. The van der Waals surface area contributed by atoms with E-state index in [4.69, 9.17) is 0 Å². The molecule has 0 aliphatic rings. The fraction of sp³-hybridized carbons (Fsp3) is 0.800. The summed E-state index contributed by atoms with van der Waals surface area (Å²) < 4.78 is 0. The first-order valence-corrected chi connectivity index (χ1v) is 2.47. The summed E-state index contributed by atoms with van der Waals surface area (Å²) in [5, 5.41) is 9.65. The number of aliphatic carboxylic acids is 1. The van der Waals surface area contributed by atoms with Gasteiger partial charge in [-0.25, -0.2) is 0 Å². The van der Waals surface area contributed by atoms with Crippen molar-refractivity contribution in [2.45, 2.75) is 26.2 Å². The van der Waals surface area contributed by atoms with E-state index in [1.165, 1.54) is 0 Å². The number of carbonyl (C=O) groups is 1. The van der Waals surface area contributed by atoms with Crippen molar-refractivity contribution in [3.63, 3.8) is 0 Å². The Morgan fingerprint density at radius 1 is 1.40 bits per heavy atom. The van der Waals surface area contributed by atoms with E-state index in [9.17, 15) is 9.90 Å². The fourth-order valence-corrected chi connectivity index (χ4v) is 0.321. The number of unbranched alkanes of at least 4 members (excludes halogenated alkanes) is 1. The summed E-state index contributed by atoms with van der Waals surface area (Å²) >= 11 is 0. The molecule has 0 aromatic rings. The van der Waals surface area contributed by atoms with Gasteiger partial charge in [-0.3, -0.25) is 0 Å². The van der Waals surface area contributed by atoms with Crippen LogP contribution in [-0.4, -0.2) is 42.8 Å². The predicted octanol–water partition coefficient (Wildman–Crippen LogP) is -0.808. The molecule has 5 heteroatoms. The van der Waals surface area contributed by atoms with E-state index in [-0.39, 0.29) is 43.2 Å². The van der Waals surface area contributed by atoms with E-state index in [1.807, 2.05) is 6.92 Å². The van der Waals surface area contributed by atoms with Crippen LogP contribution in [0.3, 0.4) is 0 Å². The van der Waals surface area contributed by atoms with Crippen molar-refractivity contribution in [1.29, 1.82) is 0 Å². The van der Waals surface area contributed by atoms with Gasteiger partial charge in [0.2, 0.25) is 0 Å². The van der Waals surface area contributed by atoms with Crippen molar-refractivity contribution in [3.05, 3.63) is 0 Å². The van der Waals surface area contributed by atoms with Gasteiger partial charge in [0.05, 0.1) is 0 Å². The largest absolute Gasteiger partial charge is 3.00 e. The van der Waals surface area contributed by atoms with E-state index in [0.717, 1.165) is 12.8 Å². The van der Waals surface area contributed by atoms with Gasteiger partial charge in [0, 0.05) is 5.97 Å². The molecule has 0 bridgehead atoms. The van der Waals surface area contributed by atoms with Gasteiger partial charge in [-0.05, 0) is 12.8 Å². The summed E-state index contributed by atoms with van der Waals surface area (Å²) in [6.07, 6.45) is 1.87. The molecule has 0 heterocycles. The normalized spacial score (nSPS) is 6.10.